The molecule has 104 valence electrons. The van der Waals surface area contributed by atoms with Crippen LogP contribution in [0.4, 0.5) is 0 Å². The fourth-order valence-corrected chi connectivity index (χ4v) is 2.25. The molecule has 0 saturated carbocycles. The van der Waals surface area contributed by atoms with Crippen LogP contribution in [0.1, 0.15) is 17.5 Å². The van der Waals surface area contributed by atoms with Crippen molar-refractivity contribution in [3.63, 3.8) is 0 Å². The van der Waals surface area contributed by atoms with Crippen molar-refractivity contribution in [2.24, 2.45) is 5.73 Å². The van der Waals surface area contributed by atoms with Crippen molar-refractivity contribution in [3.8, 4) is 0 Å². The summed E-state index contributed by atoms with van der Waals surface area (Å²) in [6.45, 7) is 6.13. The molecular formula is C11H20ClN3O2S. The maximum Gasteiger partial charge on any atom is 0.308 e. The van der Waals surface area contributed by atoms with Crippen LogP contribution in [0.15, 0.2) is 4.79 Å². The lowest BCUT2D eigenvalue weighted by molar-refractivity contribution is -0.132. The number of nitrogens with zero attached hydrogens (tertiary/aromatic N) is 2. The summed E-state index contributed by atoms with van der Waals surface area (Å²) < 4.78 is 1.52. The highest BCUT2D eigenvalue weighted by Gasteiger charge is 2.17. The van der Waals surface area contributed by atoms with Crippen LogP contribution in [0.25, 0.3) is 0 Å². The molecule has 1 amide bonds. The van der Waals surface area contributed by atoms with Crippen molar-refractivity contribution in [1.82, 2.24) is 9.47 Å². The van der Waals surface area contributed by atoms with Gasteiger partial charge in [-0.3, -0.25) is 14.2 Å². The van der Waals surface area contributed by atoms with Crippen LogP contribution in [0.5, 0.6) is 0 Å². The van der Waals surface area contributed by atoms with E-state index in [0.717, 1.165) is 10.6 Å². The van der Waals surface area contributed by atoms with Gasteiger partial charge < -0.3 is 10.6 Å². The van der Waals surface area contributed by atoms with E-state index < -0.39 is 0 Å². The van der Waals surface area contributed by atoms with Crippen LogP contribution in [-0.2, 0) is 11.3 Å². The Kier molecular flexibility index (Phi) is 6.59. The van der Waals surface area contributed by atoms with Gasteiger partial charge in [-0.05, 0) is 20.8 Å². The highest BCUT2D eigenvalue weighted by Crippen LogP contribution is 2.09. The lowest BCUT2D eigenvalue weighted by Gasteiger charge is -2.23. The lowest BCUT2D eigenvalue weighted by atomic mass is 10.3. The van der Waals surface area contributed by atoms with E-state index in [-0.39, 0.29) is 35.8 Å². The first-order valence-electron chi connectivity index (χ1n) is 5.51. The largest absolute Gasteiger partial charge is 0.340 e. The van der Waals surface area contributed by atoms with Crippen molar-refractivity contribution in [1.29, 1.82) is 0 Å². The van der Waals surface area contributed by atoms with Gasteiger partial charge in [-0.1, -0.05) is 11.3 Å². The van der Waals surface area contributed by atoms with Gasteiger partial charge in [-0.2, -0.15) is 0 Å². The molecule has 1 aromatic rings. The van der Waals surface area contributed by atoms with Crippen LogP contribution in [0.3, 0.4) is 0 Å². The first-order chi connectivity index (χ1) is 7.88. The minimum atomic E-state index is -0.0917. The summed E-state index contributed by atoms with van der Waals surface area (Å²) in [5.41, 5.74) is 6.37. The molecule has 0 aromatic carbocycles. The van der Waals surface area contributed by atoms with E-state index in [1.165, 1.54) is 15.9 Å². The fourth-order valence-electron chi connectivity index (χ4n) is 1.42. The number of aromatic nitrogens is 1. The molecule has 0 spiro atoms. The third-order valence-electron chi connectivity index (χ3n) is 3.06. The Bertz CT molecular complexity index is 469. The van der Waals surface area contributed by atoms with E-state index in [2.05, 4.69) is 0 Å². The highest BCUT2D eigenvalue weighted by atomic mass is 35.5. The molecule has 0 bridgehead atoms. The van der Waals surface area contributed by atoms with Gasteiger partial charge >= 0.3 is 4.87 Å². The number of carbonyl (C=O) groups is 1. The van der Waals surface area contributed by atoms with E-state index in [0.29, 0.717) is 6.54 Å². The molecule has 18 heavy (non-hydrogen) atoms. The summed E-state index contributed by atoms with van der Waals surface area (Å²) >= 11 is 1.18. The first kappa shape index (κ1) is 17.2. The van der Waals surface area contributed by atoms with Gasteiger partial charge in [0.1, 0.15) is 6.54 Å². The standard InChI is InChI=1S/C11H19N3O2S.ClH/c1-7(5-12)13(4)10(15)6-14-8(2)9(3)17-11(14)16;/h7H,5-6,12H2,1-4H3;1H. The third kappa shape index (κ3) is 3.57. The number of aryl methyl sites for hydroxylation is 1. The Morgan fingerprint density at radius 1 is 1.50 bits per heavy atom. The molecule has 1 aromatic heterocycles. The van der Waals surface area contributed by atoms with Crippen LogP contribution < -0.4 is 10.6 Å². The molecular weight excluding hydrogens is 274 g/mol. The molecule has 0 fully saturated rings. The molecule has 0 aliphatic carbocycles. The predicted molar refractivity (Wildman–Crippen MR) is 76.6 cm³/mol. The first-order valence-corrected chi connectivity index (χ1v) is 6.32. The minimum absolute atomic E-state index is 0. The van der Waals surface area contributed by atoms with Gasteiger partial charge in [0.2, 0.25) is 5.91 Å². The molecule has 1 heterocycles. The van der Waals surface area contributed by atoms with E-state index in [1.807, 2.05) is 20.8 Å². The molecule has 0 aliphatic heterocycles. The van der Waals surface area contributed by atoms with Crippen LogP contribution >= 0.6 is 23.7 Å². The average Bonchev–Trinajstić information content (AvgIpc) is 2.53. The Balaban J connectivity index is 0.00000289. The molecule has 5 nitrogen and oxygen atoms in total. The quantitative estimate of drug-likeness (QED) is 0.891. The van der Waals surface area contributed by atoms with Crippen molar-refractivity contribution >= 4 is 29.7 Å². The average molecular weight is 294 g/mol. The maximum atomic E-state index is 11.9. The second-order valence-corrected chi connectivity index (χ2v) is 5.35. The summed E-state index contributed by atoms with van der Waals surface area (Å²) in [7, 11) is 1.71. The fraction of sp³-hybridized carbons (Fsp3) is 0.636. The van der Waals surface area contributed by atoms with Gasteiger partial charge in [0.15, 0.2) is 0 Å². The summed E-state index contributed by atoms with van der Waals surface area (Å²) in [4.78, 5) is 26.0. The highest BCUT2D eigenvalue weighted by molar-refractivity contribution is 7.09. The molecule has 7 heteroatoms. The van der Waals surface area contributed by atoms with E-state index in [9.17, 15) is 9.59 Å². The molecule has 0 saturated heterocycles. The summed E-state index contributed by atoms with van der Waals surface area (Å²) in [6.07, 6.45) is 0. The number of likely N-dealkylation sites (N-methyl/N-ethyl adjacent to an activating group) is 1. The third-order valence-corrected chi connectivity index (χ3v) is 4.06. The zero-order valence-electron chi connectivity index (χ0n) is 11.1. The van der Waals surface area contributed by atoms with Crippen LogP contribution in [0.2, 0.25) is 0 Å². The van der Waals surface area contributed by atoms with Gasteiger partial charge in [-0.15, -0.1) is 12.4 Å². The number of hydrogen-bond donors (Lipinski definition) is 1. The molecule has 0 radical (unpaired) electrons. The lowest BCUT2D eigenvalue weighted by Crippen LogP contribution is -2.42. The number of hydrogen-bond acceptors (Lipinski definition) is 4. The SMILES string of the molecule is Cc1sc(=O)n(CC(=O)N(C)C(C)CN)c1C.Cl. The summed E-state index contributed by atoms with van der Waals surface area (Å²) in [6, 6.07) is -0.0155. The van der Waals surface area contributed by atoms with Crippen molar-refractivity contribution in [2.45, 2.75) is 33.4 Å². The van der Waals surface area contributed by atoms with Crippen LogP contribution in [-0.4, -0.2) is 35.0 Å². The van der Waals surface area contributed by atoms with Crippen molar-refractivity contribution in [2.75, 3.05) is 13.6 Å². The zero-order valence-corrected chi connectivity index (χ0v) is 12.7. The Labute approximate surface area is 117 Å². The maximum absolute atomic E-state index is 11.9. The number of rotatable bonds is 4. The van der Waals surface area contributed by atoms with Gasteiger partial charge in [0, 0.05) is 30.2 Å². The zero-order chi connectivity index (χ0) is 13.2. The molecule has 1 unspecified atom stereocenters. The van der Waals surface area contributed by atoms with Crippen molar-refractivity contribution < 1.29 is 4.79 Å². The number of amides is 1. The van der Waals surface area contributed by atoms with Gasteiger partial charge in [-0.25, -0.2) is 0 Å². The molecule has 2 N–H and O–H groups in total. The van der Waals surface area contributed by atoms with E-state index in [4.69, 9.17) is 5.73 Å². The number of thiazole rings is 1. The van der Waals surface area contributed by atoms with E-state index >= 15 is 0 Å². The van der Waals surface area contributed by atoms with Gasteiger partial charge in [0.25, 0.3) is 0 Å². The van der Waals surface area contributed by atoms with Crippen molar-refractivity contribution in [3.05, 3.63) is 20.2 Å². The van der Waals surface area contributed by atoms with Crippen LogP contribution in [0, 0.1) is 13.8 Å². The second kappa shape index (κ2) is 6.92. The predicted octanol–water partition coefficient (Wildman–Crippen LogP) is 0.754. The summed E-state index contributed by atoms with van der Waals surface area (Å²) in [5.74, 6) is -0.0917. The Morgan fingerprint density at radius 2 is 2.06 bits per heavy atom. The number of carbonyl (C=O) groups excluding carboxylic acids is 1. The molecule has 1 atom stereocenters. The monoisotopic (exact) mass is 293 g/mol. The van der Waals surface area contributed by atoms with E-state index in [1.54, 1.807) is 11.9 Å². The Morgan fingerprint density at radius 3 is 2.44 bits per heavy atom. The molecule has 1 rings (SSSR count). The number of nitrogens with two attached hydrogens (primary N) is 1. The smallest absolute Gasteiger partial charge is 0.308 e. The number of halogens is 1. The molecule has 0 aliphatic rings. The normalized spacial score (nSPS) is 11.8. The minimum Gasteiger partial charge on any atom is -0.340 e. The van der Waals surface area contributed by atoms with Gasteiger partial charge in [0.05, 0.1) is 0 Å². The Hall–Kier alpha value is -0.850. The summed E-state index contributed by atoms with van der Waals surface area (Å²) in [5, 5.41) is 0. The topological polar surface area (TPSA) is 68.3 Å². The second-order valence-electron chi connectivity index (χ2n) is 4.19.